The molecule has 0 heterocycles. The molecule has 0 aromatic heterocycles. The highest BCUT2D eigenvalue weighted by Gasteiger charge is 2.41. The van der Waals surface area contributed by atoms with Crippen LogP contribution in [0.15, 0.2) is 60.7 Å². The van der Waals surface area contributed by atoms with E-state index < -0.39 is 12.0 Å². The highest BCUT2D eigenvalue weighted by atomic mass is 19.4. The van der Waals surface area contributed by atoms with Gasteiger partial charge in [-0.15, -0.1) is 0 Å². The number of carbonyl (C=O) groups excluding carboxylic acids is 1. The first-order chi connectivity index (χ1) is 12.4. The Kier molecular flexibility index (Phi) is 5.60. The summed E-state index contributed by atoms with van der Waals surface area (Å²) < 4.78 is 39.3. The van der Waals surface area contributed by atoms with Crippen molar-refractivity contribution < 1.29 is 18.0 Å². The summed E-state index contributed by atoms with van der Waals surface area (Å²) in [5.41, 5.74) is 2.69. The predicted octanol–water partition coefficient (Wildman–Crippen LogP) is 5.79. The number of rotatable bonds is 3. The van der Waals surface area contributed by atoms with Crippen molar-refractivity contribution in [1.29, 1.82) is 0 Å². The van der Waals surface area contributed by atoms with Gasteiger partial charge in [0.25, 0.3) is 5.78 Å². The number of carbonyl (C=O) groups is 1. The van der Waals surface area contributed by atoms with Crippen molar-refractivity contribution in [2.45, 2.75) is 38.3 Å². The highest BCUT2D eigenvalue weighted by Crippen LogP contribution is 2.31. The molecule has 0 N–H and O–H groups in total. The minimum Gasteiger partial charge on any atom is -0.284 e. The average molecular weight is 358 g/mol. The molecule has 0 amide bonds. The number of alkyl halides is 3. The molecule has 0 radical (unpaired) electrons. The number of allylic oxidation sites excluding steroid dienone is 2. The molecule has 0 saturated carbocycles. The van der Waals surface area contributed by atoms with Gasteiger partial charge in [-0.1, -0.05) is 60.7 Å². The maximum absolute atomic E-state index is 13.1. The van der Waals surface area contributed by atoms with Crippen molar-refractivity contribution in [1.82, 2.24) is 0 Å². The Morgan fingerprint density at radius 2 is 1.50 bits per heavy atom. The summed E-state index contributed by atoms with van der Waals surface area (Å²) in [7, 11) is 0. The molecule has 1 atom stereocenters. The van der Waals surface area contributed by atoms with Crippen molar-refractivity contribution in [3.8, 4) is 0 Å². The quantitative estimate of drug-likeness (QED) is 0.635. The van der Waals surface area contributed by atoms with Crippen molar-refractivity contribution in [3.05, 3.63) is 77.4 Å². The maximum Gasteiger partial charge on any atom is 0.454 e. The first kappa shape index (κ1) is 18.4. The zero-order valence-electron chi connectivity index (χ0n) is 14.4. The minimum absolute atomic E-state index is 0.0372. The van der Waals surface area contributed by atoms with E-state index in [-0.39, 0.29) is 11.5 Å². The van der Waals surface area contributed by atoms with Gasteiger partial charge in [-0.2, -0.15) is 13.2 Å². The van der Waals surface area contributed by atoms with Crippen LogP contribution in [-0.2, 0) is 17.6 Å². The lowest BCUT2D eigenvalue weighted by molar-refractivity contribution is -0.164. The van der Waals surface area contributed by atoms with Crippen LogP contribution < -0.4 is 0 Å². The van der Waals surface area contributed by atoms with Crippen LogP contribution in [0.25, 0.3) is 5.57 Å². The second-order valence-corrected chi connectivity index (χ2v) is 6.73. The molecule has 1 aliphatic carbocycles. The molecular weight excluding hydrogens is 337 g/mol. The number of aryl methyl sites for hydroxylation is 2. The summed E-state index contributed by atoms with van der Waals surface area (Å²) in [5.74, 6) is -1.80. The van der Waals surface area contributed by atoms with Crippen LogP contribution in [0, 0.1) is 5.92 Å². The third kappa shape index (κ3) is 4.43. The Morgan fingerprint density at radius 3 is 2.15 bits per heavy atom. The Balaban J connectivity index is 1.89. The molecule has 2 aromatic carbocycles. The van der Waals surface area contributed by atoms with Crippen LogP contribution in [0.2, 0.25) is 0 Å². The van der Waals surface area contributed by atoms with Crippen LogP contribution in [0.4, 0.5) is 13.2 Å². The molecule has 0 saturated heterocycles. The molecule has 0 aliphatic heterocycles. The van der Waals surface area contributed by atoms with E-state index in [0.717, 1.165) is 32.1 Å². The fourth-order valence-corrected chi connectivity index (χ4v) is 3.56. The summed E-state index contributed by atoms with van der Waals surface area (Å²) in [6, 6.07) is 16.4. The summed E-state index contributed by atoms with van der Waals surface area (Å²) in [5, 5.41) is 0. The van der Waals surface area contributed by atoms with Crippen LogP contribution in [-0.4, -0.2) is 12.0 Å². The number of benzene rings is 2. The molecule has 1 nitrogen and oxygen atoms in total. The normalized spacial score (nSPS) is 18.6. The zero-order chi connectivity index (χ0) is 18.6. The predicted molar refractivity (Wildman–Crippen MR) is 96.7 cm³/mol. The van der Waals surface area contributed by atoms with E-state index in [2.05, 4.69) is 12.1 Å². The molecule has 0 spiro atoms. The standard InChI is InChI=1S/C22H21F3O/c23-22(24,25)21(26)20(19-10-2-1-3-11-19)15-16-7-6-12-17-8-4-5-9-18(17)14-13-16/h1-5,8-11,15-16H,6-7,12-14H2/b20-15-. The largest absolute Gasteiger partial charge is 0.454 e. The first-order valence-electron chi connectivity index (χ1n) is 8.90. The van der Waals surface area contributed by atoms with Gasteiger partial charge >= 0.3 is 6.18 Å². The van der Waals surface area contributed by atoms with Crippen LogP contribution in [0.3, 0.4) is 0 Å². The average Bonchev–Trinajstić information content (AvgIpc) is 2.61. The van der Waals surface area contributed by atoms with Gasteiger partial charge in [-0.3, -0.25) is 4.79 Å². The van der Waals surface area contributed by atoms with Crippen LogP contribution in [0.1, 0.15) is 36.0 Å². The van der Waals surface area contributed by atoms with E-state index in [1.54, 1.807) is 36.4 Å². The van der Waals surface area contributed by atoms with Crippen LogP contribution in [0.5, 0.6) is 0 Å². The molecular formula is C22H21F3O. The van der Waals surface area contributed by atoms with Gasteiger partial charge in [-0.25, -0.2) is 0 Å². The second-order valence-electron chi connectivity index (χ2n) is 6.73. The van der Waals surface area contributed by atoms with Crippen molar-refractivity contribution >= 4 is 11.4 Å². The Bertz CT molecular complexity index is 791. The Hall–Kier alpha value is -2.36. The summed E-state index contributed by atoms with van der Waals surface area (Å²) in [6.07, 6.45) is 0.873. The SMILES string of the molecule is O=C(/C(=C\C1CCCc2ccccc2CC1)c1ccccc1)C(F)(F)F. The van der Waals surface area contributed by atoms with Gasteiger partial charge in [0, 0.05) is 5.57 Å². The van der Waals surface area contributed by atoms with E-state index in [1.165, 1.54) is 11.1 Å². The molecule has 0 bridgehead atoms. The number of fused-ring (bicyclic) bond motifs is 1. The van der Waals surface area contributed by atoms with E-state index in [0.29, 0.717) is 5.56 Å². The van der Waals surface area contributed by atoms with Crippen molar-refractivity contribution in [2.75, 3.05) is 0 Å². The minimum atomic E-state index is -4.87. The number of hydrogen-bond acceptors (Lipinski definition) is 1. The van der Waals surface area contributed by atoms with Gasteiger partial charge in [0.2, 0.25) is 0 Å². The first-order valence-corrected chi connectivity index (χ1v) is 8.90. The lowest BCUT2D eigenvalue weighted by Crippen LogP contribution is -2.24. The third-order valence-electron chi connectivity index (χ3n) is 4.91. The number of ketones is 1. The topological polar surface area (TPSA) is 17.1 Å². The van der Waals surface area contributed by atoms with Crippen LogP contribution >= 0.6 is 0 Å². The summed E-state index contributed by atoms with van der Waals surface area (Å²) in [4.78, 5) is 12.0. The fourth-order valence-electron chi connectivity index (χ4n) is 3.56. The lowest BCUT2D eigenvalue weighted by Gasteiger charge is -2.20. The summed E-state index contributed by atoms with van der Waals surface area (Å²) >= 11 is 0. The smallest absolute Gasteiger partial charge is 0.284 e. The Morgan fingerprint density at radius 1 is 0.885 bits per heavy atom. The second kappa shape index (κ2) is 7.90. The van der Waals surface area contributed by atoms with Gasteiger partial charge in [0.1, 0.15) is 0 Å². The lowest BCUT2D eigenvalue weighted by atomic mass is 9.85. The van der Waals surface area contributed by atoms with Gasteiger partial charge in [0.05, 0.1) is 0 Å². The molecule has 1 unspecified atom stereocenters. The summed E-state index contributed by atoms with van der Waals surface area (Å²) in [6.45, 7) is 0. The van der Waals surface area contributed by atoms with Crippen molar-refractivity contribution in [3.63, 3.8) is 0 Å². The van der Waals surface area contributed by atoms with E-state index in [4.69, 9.17) is 0 Å². The van der Waals surface area contributed by atoms with E-state index in [1.807, 2.05) is 12.1 Å². The van der Waals surface area contributed by atoms with Gasteiger partial charge in [0.15, 0.2) is 0 Å². The molecule has 2 aromatic rings. The Labute approximate surface area is 151 Å². The fraction of sp³-hybridized carbons (Fsp3) is 0.318. The molecule has 136 valence electrons. The monoisotopic (exact) mass is 358 g/mol. The molecule has 0 fully saturated rings. The number of Topliss-reactive ketones (excluding diaryl/α,β-unsaturated/α-hetero) is 1. The number of halogens is 3. The molecule has 3 rings (SSSR count). The zero-order valence-corrected chi connectivity index (χ0v) is 14.4. The van der Waals surface area contributed by atoms with Crippen molar-refractivity contribution in [2.24, 2.45) is 5.92 Å². The highest BCUT2D eigenvalue weighted by molar-refractivity contribution is 6.23. The van der Waals surface area contributed by atoms with E-state index in [9.17, 15) is 18.0 Å². The number of hydrogen-bond donors (Lipinski definition) is 0. The molecule has 26 heavy (non-hydrogen) atoms. The van der Waals surface area contributed by atoms with Gasteiger partial charge < -0.3 is 0 Å². The van der Waals surface area contributed by atoms with E-state index >= 15 is 0 Å². The molecule has 1 aliphatic rings. The molecule has 4 heteroatoms. The third-order valence-corrected chi connectivity index (χ3v) is 4.91. The van der Waals surface area contributed by atoms with Gasteiger partial charge in [-0.05, 0) is 54.7 Å². The maximum atomic E-state index is 13.1.